The fourth-order valence-corrected chi connectivity index (χ4v) is 2.40. The van der Waals surface area contributed by atoms with Crippen LogP contribution in [0.1, 0.15) is 23.7 Å². The Morgan fingerprint density at radius 2 is 2.26 bits per heavy atom. The van der Waals surface area contributed by atoms with Crippen LogP contribution >= 0.6 is 11.6 Å². The quantitative estimate of drug-likeness (QED) is 0.867. The summed E-state index contributed by atoms with van der Waals surface area (Å²) in [5.74, 6) is -0.950. The standard InChI is InChI=1S/C12H14ClN3O3/c1-12(11(18)19)2-3-16(6-12)10-8(13)4-7(5-15-10)9(14)17/h4-5H,2-3,6H2,1H3,(H2,14,17)(H,18,19). The monoisotopic (exact) mass is 283 g/mol. The first-order valence-electron chi connectivity index (χ1n) is 5.77. The molecular formula is C12H14ClN3O3. The van der Waals surface area contributed by atoms with Gasteiger partial charge < -0.3 is 15.7 Å². The molecule has 1 aliphatic heterocycles. The van der Waals surface area contributed by atoms with Gasteiger partial charge in [-0.2, -0.15) is 0 Å². The van der Waals surface area contributed by atoms with Crippen LogP contribution in [0, 0.1) is 5.41 Å². The van der Waals surface area contributed by atoms with Crippen molar-refractivity contribution in [3.8, 4) is 0 Å². The van der Waals surface area contributed by atoms with Crippen LogP contribution in [0.15, 0.2) is 12.3 Å². The number of carbonyl (C=O) groups excluding carboxylic acids is 1. The molecule has 0 bridgehead atoms. The summed E-state index contributed by atoms with van der Waals surface area (Å²) >= 11 is 6.07. The van der Waals surface area contributed by atoms with Crippen molar-refractivity contribution in [1.29, 1.82) is 0 Å². The molecule has 6 nitrogen and oxygen atoms in total. The minimum Gasteiger partial charge on any atom is -0.481 e. The Morgan fingerprint density at radius 1 is 1.58 bits per heavy atom. The number of pyridine rings is 1. The average Bonchev–Trinajstić information content (AvgIpc) is 2.73. The van der Waals surface area contributed by atoms with E-state index in [4.69, 9.17) is 17.3 Å². The molecule has 7 heteroatoms. The third kappa shape index (κ3) is 2.49. The molecule has 1 atom stereocenters. The predicted octanol–water partition coefficient (Wildman–Crippen LogP) is 1.13. The second-order valence-electron chi connectivity index (χ2n) is 4.93. The molecule has 0 saturated carbocycles. The molecule has 1 amide bonds. The summed E-state index contributed by atoms with van der Waals surface area (Å²) in [6.45, 7) is 2.59. The highest BCUT2D eigenvalue weighted by Gasteiger charge is 2.41. The van der Waals surface area contributed by atoms with E-state index in [0.717, 1.165) is 0 Å². The van der Waals surface area contributed by atoms with Gasteiger partial charge in [-0.3, -0.25) is 9.59 Å². The lowest BCUT2D eigenvalue weighted by atomic mass is 9.90. The van der Waals surface area contributed by atoms with Crippen molar-refractivity contribution in [2.75, 3.05) is 18.0 Å². The van der Waals surface area contributed by atoms with Gasteiger partial charge in [-0.05, 0) is 19.4 Å². The first-order chi connectivity index (χ1) is 8.83. The smallest absolute Gasteiger partial charge is 0.311 e. The van der Waals surface area contributed by atoms with Crippen molar-refractivity contribution in [2.45, 2.75) is 13.3 Å². The van der Waals surface area contributed by atoms with E-state index in [9.17, 15) is 14.7 Å². The number of primary amides is 1. The van der Waals surface area contributed by atoms with Crippen LogP contribution in [-0.4, -0.2) is 35.1 Å². The molecule has 1 unspecified atom stereocenters. The van der Waals surface area contributed by atoms with Gasteiger partial charge in [-0.1, -0.05) is 11.6 Å². The summed E-state index contributed by atoms with van der Waals surface area (Å²) in [7, 11) is 0. The largest absolute Gasteiger partial charge is 0.481 e. The third-order valence-corrected chi connectivity index (χ3v) is 3.67. The third-order valence-electron chi connectivity index (χ3n) is 3.40. The number of carboxylic acid groups (broad SMARTS) is 1. The van der Waals surface area contributed by atoms with E-state index in [1.807, 2.05) is 0 Å². The Morgan fingerprint density at radius 3 is 2.74 bits per heavy atom. The zero-order chi connectivity index (χ0) is 14.2. The zero-order valence-corrected chi connectivity index (χ0v) is 11.1. The van der Waals surface area contributed by atoms with E-state index in [0.29, 0.717) is 30.4 Å². The lowest BCUT2D eigenvalue weighted by molar-refractivity contribution is -0.146. The molecule has 1 saturated heterocycles. The topological polar surface area (TPSA) is 96.5 Å². The summed E-state index contributed by atoms with van der Waals surface area (Å²) in [5.41, 5.74) is 4.57. The number of amides is 1. The molecular weight excluding hydrogens is 270 g/mol. The zero-order valence-electron chi connectivity index (χ0n) is 10.4. The Bertz CT molecular complexity index is 549. The highest BCUT2D eigenvalue weighted by molar-refractivity contribution is 6.33. The molecule has 1 aliphatic rings. The molecule has 0 radical (unpaired) electrons. The van der Waals surface area contributed by atoms with E-state index in [-0.39, 0.29) is 5.56 Å². The highest BCUT2D eigenvalue weighted by Crippen LogP contribution is 2.35. The predicted molar refractivity (Wildman–Crippen MR) is 70.3 cm³/mol. The molecule has 0 aromatic carbocycles. The van der Waals surface area contributed by atoms with Gasteiger partial charge in [0.05, 0.1) is 16.0 Å². The number of halogens is 1. The maximum Gasteiger partial charge on any atom is 0.311 e. The van der Waals surface area contributed by atoms with E-state index in [2.05, 4.69) is 4.98 Å². The maximum atomic E-state index is 11.2. The van der Waals surface area contributed by atoms with Gasteiger partial charge in [0.25, 0.3) is 0 Å². The first-order valence-corrected chi connectivity index (χ1v) is 6.15. The maximum absolute atomic E-state index is 11.2. The normalized spacial score (nSPS) is 22.5. The number of anilines is 1. The second kappa shape index (κ2) is 4.70. The van der Waals surface area contributed by atoms with Crippen molar-refractivity contribution in [2.24, 2.45) is 11.1 Å². The number of carbonyl (C=O) groups is 2. The molecule has 19 heavy (non-hydrogen) atoms. The number of hydrogen-bond acceptors (Lipinski definition) is 4. The molecule has 2 heterocycles. The summed E-state index contributed by atoms with van der Waals surface area (Å²) in [5, 5.41) is 9.48. The van der Waals surface area contributed by atoms with Crippen molar-refractivity contribution in [1.82, 2.24) is 4.98 Å². The van der Waals surface area contributed by atoms with E-state index >= 15 is 0 Å². The number of nitrogens with two attached hydrogens (primary N) is 1. The van der Waals surface area contributed by atoms with Gasteiger partial charge in [0, 0.05) is 19.3 Å². The minimum atomic E-state index is -0.833. The van der Waals surface area contributed by atoms with Crippen LogP contribution in [0.4, 0.5) is 5.82 Å². The van der Waals surface area contributed by atoms with Gasteiger partial charge in [0.15, 0.2) is 0 Å². The molecule has 102 valence electrons. The van der Waals surface area contributed by atoms with Gasteiger partial charge in [-0.15, -0.1) is 0 Å². The molecule has 0 aliphatic carbocycles. The Labute approximate surface area is 115 Å². The molecule has 1 aromatic rings. The molecule has 1 fully saturated rings. The van der Waals surface area contributed by atoms with Gasteiger partial charge >= 0.3 is 5.97 Å². The summed E-state index contributed by atoms with van der Waals surface area (Å²) < 4.78 is 0. The summed E-state index contributed by atoms with van der Waals surface area (Å²) in [6, 6.07) is 1.45. The molecule has 3 N–H and O–H groups in total. The molecule has 0 spiro atoms. The number of rotatable bonds is 3. The van der Waals surface area contributed by atoms with E-state index in [1.54, 1.807) is 11.8 Å². The number of aromatic nitrogens is 1. The number of hydrogen-bond donors (Lipinski definition) is 2. The Kier molecular flexibility index (Phi) is 3.36. The lowest BCUT2D eigenvalue weighted by Crippen LogP contribution is -2.32. The fourth-order valence-electron chi connectivity index (χ4n) is 2.11. The van der Waals surface area contributed by atoms with Crippen LogP contribution in [0.5, 0.6) is 0 Å². The molecule has 1 aromatic heterocycles. The van der Waals surface area contributed by atoms with Crippen molar-refractivity contribution in [3.05, 3.63) is 22.8 Å². The summed E-state index contributed by atoms with van der Waals surface area (Å²) in [6.07, 6.45) is 1.87. The molecule has 2 rings (SSSR count). The first kappa shape index (κ1) is 13.6. The van der Waals surface area contributed by atoms with Crippen LogP contribution < -0.4 is 10.6 Å². The van der Waals surface area contributed by atoms with Gasteiger partial charge in [0.1, 0.15) is 5.82 Å². The fraction of sp³-hybridized carbons (Fsp3) is 0.417. The van der Waals surface area contributed by atoms with Gasteiger partial charge in [0.2, 0.25) is 5.91 Å². The second-order valence-corrected chi connectivity index (χ2v) is 5.34. The summed E-state index contributed by atoms with van der Waals surface area (Å²) in [4.78, 5) is 28.1. The van der Waals surface area contributed by atoms with Gasteiger partial charge in [-0.25, -0.2) is 4.98 Å². The van der Waals surface area contributed by atoms with E-state index < -0.39 is 17.3 Å². The number of aliphatic carboxylic acids is 1. The van der Waals surface area contributed by atoms with Crippen LogP contribution in [0.2, 0.25) is 5.02 Å². The number of carboxylic acids is 1. The Hall–Kier alpha value is -1.82. The number of nitrogens with zero attached hydrogens (tertiary/aromatic N) is 2. The minimum absolute atomic E-state index is 0.231. The van der Waals surface area contributed by atoms with Crippen LogP contribution in [0.3, 0.4) is 0 Å². The van der Waals surface area contributed by atoms with Crippen molar-refractivity contribution < 1.29 is 14.7 Å². The van der Waals surface area contributed by atoms with Crippen molar-refractivity contribution in [3.63, 3.8) is 0 Å². The SMILES string of the molecule is CC1(C(=O)O)CCN(c2ncc(C(N)=O)cc2Cl)C1. The van der Waals surface area contributed by atoms with Crippen LogP contribution in [-0.2, 0) is 4.79 Å². The van der Waals surface area contributed by atoms with Crippen LogP contribution in [0.25, 0.3) is 0 Å². The Balaban J connectivity index is 2.25. The average molecular weight is 284 g/mol. The van der Waals surface area contributed by atoms with Crippen molar-refractivity contribution >= 4 is 29.3 Å². The van der Waals surface area contributed by atoms with E-state index in [1.165, 1.54) is 12.3 Å². The lowest BCUT2D eigenvalue weighted by Gasteiger charge is -2.21. The highest BCUT2D eigenvalue weighted by atomic mass is 35.5.